The molecule has 0 spiro atoms. The maximum atomic E-state index is 11.8. The Morgan fingerprint density at radius 3 is 2.80 bits per heavy atom. The largest absolute Gasteiger partial charge is 0.486 e. The van der Waals surface area contributed by atoms with Gasteiger partial charge in [0.1, 0.15) is 19.3 Å². The fourth-order valence-electron chi connectivity index (χ4n) is 4.32. The van der Waals surface area contributed by atoms with Crippen molar-refractivity contribution in [3.05, 3.63) is 23.8 Å². The van der Waals surface area contributed by atoms with Crippen LogP contribution in [-0.4, -0.2) is 87.4 Å². The van der Waals surface area contributed by atoms with Gasteiger partial charge < -0.3 is 23.8 Å². The standard InChI is InChI=1S/C22H30N2O6/c1-27-22(26)17-2-3-19-20(12-17)30-18(14-29-19)13-23-7-4-16(5-8-23)6-9-24-10-11-28-15-21(24)25/h2-3,12,16,18H,4-11,13-15H2,1H3/t18-/m0/s1. The van der Waals surface area contributed by atoms with Gasteiger partial charge in [0.25, 0.3) is 0 Å². The third kappa shape index (κ3) is 5.05. The number of fused-ring (bicyclic) bond motifs is 1. The molecule has 1 atom stereocenters. The molecule has 164 valence electrons. The summed E-state index contributed by atoms with van der Waals surface area (Å²) in [4.78, 5) is 27.9. The summed E-state index contributed by atoms with van der Waals surface area (Å²) in [5, 5.41) is 0. The van der Waals surface area contributed by atoms with Crippen LogP contribution in [0.1, 0.15) is 29.6 Å². The van der Waals surface area contributed by atoms with Crippen LogP contribution in [0.15, 0.2) is 18.2 Å². The monoisotopic (exact) mass is 418 g/mol. The Labute approximate surface area is 177 Å². The van der Waals surface area contributed by atoms with Gasteiger partial charge in [-0.25, -0.2) is 4.79 Å². The van der Waals surface area contributed by atoms with Gasteiger partial charge in [-0.2, -0.15) is 0 Å². The molecule has 0 unspecified atom stereocenters. The number of methoxy groups -OCH3 is 1. The lowest BCUT2D eigenvalue weighted by atomic mass is 9.93. The van der Waals surface area contributed by atoms with Crippen LogP contribution < -0.4 is 9.47 Å². The van der Waals surface area contributed by atoms with E-state index in [1.165, 1.54) is 7.11 Å². The van der Waals surface area contributed by atoms with E-state index in [0.717, 1.165) is 52.0 Å². The first-order valence-corrected chi connectivity index (χ1v) is 10.7. The van der Waals surface area contributed by atoms with Gasteiger partial charge in [0, 0.05) is 19.6 Å². The third-order valence-corrected chi connectivity index (χ3v) is 6.14. The maximum Gasteiger partial charge on any atom is 0.337 e. The average molecular weight is 418 g/mol. The number of nitrogens with zero attached hydrogens (tertiary/aromatic N) is 2. The molecule has 0 aliphatic carbocycles. The minimum absolute atomic E-state index is 0.0621. The lowest BCUT2D eigenvalue weighted by molar-refractivity contribution is -0.142. The van der Waals surface area contributed by atoms with E-state index < -0.39 is 0 Å². The summed E-state index contributed by atoms with van der Waals surface area (Å²) in [5.41, 5.74) is 0.458. The number of amides is 1. The molecule has 3 aliphatic heterocycles. The molecule has 0 N–H and O–H groups in total. The Kier molecular flexibility index (Phi) is 6.74. The smallest absolute Gasteiger partial charge is 0.337 e. The predicted octanol–water partition coefficient (Wildman–Crippen LogP) is 1.57. The summed E-state index contributed by atoms with van der Waals surface area (Å²) in [7, 11) is 1.37. The molecule has 4 rings (SSSR count). The molecule has 0 aromatic heterocycles. The molecule has 3 aliphatic rings. The van der Waals surface area contributed by atoms with E-state index in [1.54, 1.807) is 18.2 Å². The minimum Gasteiger partial charge on any atom is -0.486 e. The minimum atomic E-state index is -0.385. The molecule has 3 heterocycles. The number of likely N-dealkylation sites (tertiary alicyclic amines) is 1. The van der Waals surface area contributed by atoms with Crippen LogP contribution in [0.5, 0.6) is 11.5 Å². The van der Waals surface area contributed by atoms with E-state index in [2.05, 4.69) is 4.90 Å². The fourth-order valence-corrected chi connectivity index (χ4v) is 4.32. The Bertz CT molecular complexity index is 762. The van der Waals surface area contributed by atoms with E-state index in [1.807, 2.05) is 4.90 Å². The Hall–Kier alpha value is -2.32. The highest BCUT2D eigenvalue weighted by Crippen LogP contribution is 2.33. The molecule has 0 saturated carbocycles. The first-order chi connectivity index (χ1) is 14.6. The molecule has 2 fully saturated rings. The van der Waals surface area contributed by atoms with Gasteiger partial charge in [-0.15, -0.1) is 0 Å². The fraction of sp³-hybridized carbons (Fsp3) is 0.636. The number of hydrogen-bond acceptors (Lipinski definition) is 7. The molecule has 1 aromatic carbocycles. The highest BCUT2D eigenvalue weighted by molar-refractivity contribution is 5.90. The number of carbonyl (C=O) groups excluding carboxylic acids is 2. The molecule has 1 aromatic rings. The van der Waals surface area contributed by atoms with Crippen molar-refractivity contribution >= 4 is 11.9 Å². The maximum absolute atomic E-state index is 11.8. The first kappa shape index (κ1) is 20.9. The third-order valence-electron chi connectivity index (χ3n) is 6.14. The molecular weight excluding hydrogens is 388 g/mol. The topological polar surface area (TPSA) is 77.5 Å². The predicted molar refractivity (Wildman–Crippen MR) is 109 cm³/mol. The number of hydrogen-bond donors (Lipinski definition) is 0. The summed E-state index contributed by atoms with van der Waals surface area (Å²) in [5.74, 6) is 1.64. The van der Waals surface area contributed by atoms with Crippen LogP contribution in [0.3, 0.4) is 0 Å². The van der Waals surface area contributed by atoms with Crippen molar-refractivity contribution < 1.29 is 28.5 Å². The van der Waals surface area contributed by atoms with Crippen LogP contribution in [0, 0.1) is 5.92 Å². The summed E-state index contributed by atoms with van der Waals surface area (Å²) in [6.45, 7) is 5.79. The van der Waals surface area contributed by atoms with Crippen molar-refractivity contribution in [2.75, 3.05) is 59.7 Å². The highest BCUT2D eigenvalue weighted by Gasteiger charge is 2.27. The van der Waals surface area contributed by atoms with Gasteiger partial charge in [-0.3, -0.25) is 9.69 Å². The summed E-state index contributed by atoms with van der Waals surface area (Å²) < 4.78 is 21.9. The van der Waals surface area contributed by atoms with Gasteiger partial charge in [-0.1, -0.05) is 0 Å². The van der Waals surface area contributed by atoms with E-state index in [-0.39, 0.29) is 24.6 Å². The number of morpholine rings is 1. The van der Waals surface area contributed by atoms with Crippen LogP contribution in [0.2, 0.25) is 0 Å². The van der Waals surface area contributed by atoms with Gasteiger partial charge in [0.05, 0.1) is 19.3 Å². The van der Waals surface area contributed by atoms with Crippen molar-refractivity contribution in [1.29, 1.82) is 0 Å². The highest BCUT2D eigenvalue weighted by atomic mass is 16.6. The van der Waals surface area contributed by atoms with Crippen LogP contribution in [0.25, 0.3) is 0 Å². The molecule has 30 heavy (non-hydrogen) atoms. The SMILES string of the molecule is COC(=O)c1ccc2c(c1)O[C@@H](CN1CCC(CCN3CCOCC3=O)CC1)CO2. The van der Waals surface area contributed by atoms with Crippen LogP contribution in [-0.2, 0) is 14.3 Å². The normalized spacial score (nSPS) is 22.8. The zero-order valence-corrected chi connectivity index (χ0v) is 17.5. The van der Waals surface area contributed by atoms with Crippen molar-refractivity contribution in [2.24, 2.45) is 5.92 Å². The second-order valence-electron chi connectivity index (χ2n) is 8.17. The lowest BCUT2D eigenvalue weighted by Crippen LogP contribution is -2.45. The van der Waals surface area contributed by atoms with Gasteiger partial charge in [0.2, 0.25) is 5.91 Å². The van der Waals surface area contributed by atoms with Gasteiger partial charge in [-0.05, 0) is 56.5 Å². The van der Waals surface area contributed by atoms with Crippen LogP contribution in [0.4, 0.5) is 0 Å². The van der Waals surface area contributed by atoms with E-state index >= 15 is 0 Å². The quantitative estimate of drug-likeness (QED) is 0.649. The molecule has 0 radical (unpaired) electrons. The zero-order chi connectivity index (χ0) is 20.9. The second-order valence-corrected chi connectivity index (χ2v) is 8.17. The lowest BCUT2D eigenvalue weighted by Gasteiger charge is -2.36. The number of piperidine rings is 1. The molecular formula is C22H30N2O6. The summed E-state index contributed by atoms with van der Waals surface area (Å²) >= 11 is 0. The molecule has 1 amide bonds. The average Bonchev–Trinajstić information content (AvgIpc) is 2.78. The molecule has 2 saturated heterocycles. The van der Waals surface area contributed by atoms with Crippen molar-refractivity contribution in [3.63, 3.8) is 0 Å². The number of esters is 1. The van der Waals surface area contributed by atoms with Crippen molar-refractivity contribution in [3.8, 4) is 11.5 Å². The van der Waals surface area contributed by atoms with Gasteiger partial charge >= 0.3 is 5.97 Å². The molecule has 0 bridgehead atoms. The molecule has 8 nitrogen and oxygen atoms in total. The van der Waals surface area contributed by atoms with Crippen molar-refractivity contribution in [1.82, 2.24) is 9.80 Å². The second kappa shape index (κ2) is 9.66. The van der Waals surface area contributed by atoms with Gasteiger partial charge in [0.15, 0.2) is 11.5 Å². The van der Waals surface area contributed by atoms with Crippen LogP contribution >= 0.6 is 0 Å². The van der Waals surface area contributed by atoms with E-state index in [9.17, 15) is 9.59 Å². The number of benzene rings is 1. The zero-order valence-electron chi connectivity index (χ0n) is 17.5. The van der Waals surface area contributed by atoms with E-state index in [0.29, 0.717) is 36.2 Å². The number of carbonyl (C=O) groups is 2. The van der Waals surface area contributed by atoms with E-state index in [4.69, 9.17) is 18.9 Å². The number of rotatable bonds is 6. The summed E-state index contributed by atoms with van der Waals surface area (Å²) in [6.07, 6.45) is 3.27. The van der Waals surface area contributed by atoms with Crippen molar-refractivity contribution in [2.45, 2.75) is 25.4 Å². The summed E-state index contributed by atoms with van der Waals surface area (Å²) in [6, 6.07) is 5.12. The Morgan fingerprint density at radius 2 is 2.03 bits per heavy atom. The Morgan fingerprint density at radius 1 is 1.20 bits per heavy atom. The Balaban J connectivity index is 1.22. The molecule has 8 heteroatoms. The first-order valence-electron chi connectivity index (χ1n) is 10.7. The number of ether oxygens (including phenoxy) is 4.